The molecule has 0 aliphatic carbocycles. The van der Waals surface area contributed by atoms with E-state index < -0.39 is 0 Å². The molecule has 4 rings (SSSR count). The molecule has 3 aromatic rings. The van der Waals surface area contributed by atoms with Crippen molar-refractivity contribution in [2.24, 2.45) is 0 Å². The Bertz CT molecular complexity index is 753. The number of rotatable bonds is 6. The largest absolute Gasteiger partial charge is 0.313 e. The van der Waals surface area contributed by atoms with E-state index in [0.717, 1.165) is 20.8 Å². The predicted octanol–water partition coefficient (Wildman–Crippen LogP) is 3.85. The van der Waals surface area contributed by atoms with Gasteiger partial charge >= 0.3 is 0 Å². The van der Waals surface area contributed by atoms with Crippen LogP contribution in [-0.2, 0) is 0 Å². The van der Waals surface area contributed by atoms with Crippen molar-refractivity contribution < 1.29 is 0 Å². The summed E-state index contributed by atoms with van der Waals surface area (Å²) in [6.45, 7) is 1.16. The van der Waals surface area contributed by atoms with Gasteiger partial charge in [0, 0.05) is 12.6 Å². The van der Waals surface area contributed by atoms with Crippen molar-refractivity contribution in [3.05, 3.63) is 91.0 Å². The number of benzene rings is 3. The molecule has 132 valence electrons. The lowest BCUT2D eigenvalue weighted by molar-refractivity contribution is 0.672. The van der Waals surface area contributed by atoms with E-state index in [4.69, 9.17) is 0 Å². The Balaban J connectivity index is 1.45. The van der Waals surface area contributed by atoms with E-state index in [9.17, 15) is 0 Å². The second-order valence-electron chi connectivity index (χ2n) is 6.83. The lowest BCUT2D eigenvalue weighted by Gasteiger charge is -2.22. The maximum atomic E-state index is 3.82. The highest BCUT2D eigenvalue weighted by Crippen LogP contribution is 2.37. The predicted molar refractivity (Wildman–Crippen MR) is 119 cm³/mol. The van der Waals surface area contributed by atoms with Crippen LogP contribution in [0.1, 0.15) is 6.42 Å². The molecule has 0 aromatic heterocycles. The Morgan fingerprint density at radius 3 is 1.88 bits per heavy atom. The first-order chi connectivity index (χ1) is 12.9. The van der Waals surface area contributed by atoms with Crippen molar-refractivity contribution in [1.29, 1.82) is 0 Å². The maximum absolute atomic E-state index is 3.82. The zero-order valence-electron chi connectivity index (χ0n) is 14.9. The molecular formula is C23H25NP2. The quantitative estimate of drug-likeness (QED) is 0.644. The van der Waals surface area contributed by atoms with E-state index in [1.54, 1.807) is 0 Å². The summed E-state index contributed by atoms with van der Waals surface area (Å²) in [5, 5.41) is 8.29. The van der Waals surface area contributed by atoms with E-state index in [1.807, 2.05) is 0 Å². The van der Waals surface area contributed by atoms with Gasteiger partial charge in [0.05, 0.1) is 0 Å². The zero-order valence-corrected chi connectivity index (χ0v) is 16.8. The average Bonchev–Trinajstić information content (AvgIpc) is 3.15. The fourth-order valence-electron chi connectivity index (χ4n) is 3.63. The molecule has 0 spiro atoms. The van der Waals surface area contributed by atoms with E-state index in [-0.39, 0.29) is 7.92 Å². The summed E-state index contributed by atoms with van der Waals surface area (Å²) < 4.78 is 0. The highest BCUT2D eigenvalue weighted by Gasteiger charge is 2.27. The Morgan fingerprint density at radius 1 is 0.769 bits per heavy atom. The lowest BCUT2D eigenvalue weighted by atomic mass is 10.2. The average molecular weight is 377 g/mol. The summed E-state index contributed by atoms with van der Waals surface area (Å²) in [5.41, 5.74) is 0.783. The molecule has 0 amide bonds. The van der Waals surface area contributed by atoms with Crippen LogP contribution in [-0.4, -0.2) is 24.4 Å². The van der Waals surface area contributed by atoms with Gasteiger partial charge in [0.15, 0.2) is 0 Å². The molecule has 0 bridgehead atoms. The van der Waals surface area contributed by atoms with Crippen LogP contribution < -0.4 is 21.2 Å². The fraction of sp³-hybridized carbons (Fsp3) is 0.217. The first kappa shape index (κ1) is 17.9. The smallest absolute Gasteiger partial charge is 0.0119 e. The minimum atomic E-state index is -0.300. The molecule has 26 heavy (non-hydrogen) atoms. The number of hydrogen-bond acceptors (Lipinski definition) is 1. The minimum absolute atomic E-state index is 0.300. The third-order valence-electron chi connectivity index (χ3n) is 4.91. The Morgan fingerprint density at radius 2 is 1.31 bits per heavy atom. The molecule has 1 N–H and O–H groups in total. The topological polar surface area (TPSA) is 12.0 Å². The van der Waals surface area contributed by atoms with Gasteiger partial charge in [0.25, 0.3) is 0 Å². The van der Waals surface area contributed by atoms with Crippen molar-refractivity contribution >= 4 is 32.4 Å². The molecule has 1 aliphatic rings. The van der Waals surface area contributed by atoms with Crippen molar-refractivity contribution in [3.63, 3.8) is 0 Å². The SMILES string of the molecule is c1ccc(PC2CNC(CP(c3ccccc3)c3ccccc3)C2)cc1. The molecule has 1 nitrogen and oxygen atoms in total. The van der Waals surface area contributed by atoms with E-state index in [2.05, 4.69) is 96.3 Å². The summed E-state index contributed by atoms with van der Waals surface area (Å²) in [7, 11) is 0.619. The monoisotopic (exact) mass is 377 g/mol. The molecule has 1 heterocycles. The van der Waals surface area contributed by atoms with Crippen LogP contribution in [0.5, 0.6) is 0 Å². The van der Waals surface area contributed by atoms with Crippen molar-refractivity contribution in [1.82, 2.24) is 5.32 Å². The van der Waals surface area contributed by atoms with Crippen molar-refractivity contribution in [2.75, 3.05) is 12.7 Å². The lowest BCUT2D eigenvalue weighted by Crippen LogP contribution is -2.28. The molecule has 0 radical (unpaired) electrons. The summed E-state index contributed by atoms with van der Waals surface area (Å²) in [6, 6.07) is 33.7. The van der Waals surface area contributed by atoms with Gasteiger partial charge in [-0.3, -0.25) is 0 Å². The Kier molecular flexibility index (Phi) is 6.13. The van der Waals surface area contributed by atoms with Crippen molar-refractivity contribution in [2.45, 2.75) is 18.1 Å². The van der Waals surface area contributed by atoms with Gasteiger partial charge in [-0.25, -0.2) is 0 Å². The van der Waals surface area contributed by atoms with Gasteiger partial charge in [0.2, 0.25) is 0 Å². The van der Waals surface area contributed by atoms with Gasteiger partial charge in [-0.15, -0.1) is 0 Å². The van der Waals surface area contributed by atoms with Crippen LogP contribution in [0.15, 0.2) is 91.0 Å². The van der Waals surface area contributed by atoms with Gasteiger partial charge in [-0.1, -0.05) is 99.6 Å². The summed E-state index contributed by atoms with van der Waals surface area (Å²) in [5.74, 6) is 0. The molecule has 1 aliphatic heterocycles. The number of nitrogens with one attached hydrogen (secondary N) is 1. The van der Waals surface area contributed by atoms with Crippen LogP contribution in [0.25, 0.3) is 0 Å². The minimum Gasteiger partial charge on any atom is -0.313 e. The molecule has 3 unspecified atom stereocenters. The van der Waals surface area contributed by atoms with E-state index >= 15 is 0 Å². The van der Waals surface area contributed by atoms with Gasteiger partial charge in [-0.05, 0) is 42.1 Å². The first-order valence-corrected chi connectivity index (χ1v) is 11.9. The van der Waals surface area contributed by atoms with E-state index in [1.165, 1.54) is 28.5 Å². The van der Waals surface area contributed by atoms with Gasteiger partial charge in [0.1, 0.15) is 0 Å². The summed E-state index contributed by atoms with van der Waals surface area (Å²) in [6.07, 6.45) is 2.53. The second-order valence-corrected chi connectivity index (χ2v) is 10.8. The standard InChI is InChI=1S/C23H25NP2/c1-4-10-20(11-5-1)25-21-16-19(24-17-21)18-26(22-12-6-2-7-13-22)23-14-8-3-9-15-23/h1-15,19,21,24-25H,16-18H2. The van der Waals surface area contributed by atoms with Crippen LogP contribution in [0.2, 0.25) is 0 Å². The van der Waals surface area contributed by atoms with Crippen LogP contribution >= 0.6 is 16.5 Å². The van der Waals surface area contributed by atoms with Crippen LogP contribution in [0.3, 0.4) is 0 Å². The highest BCUT2D eigenvalue weighted by molar-refractivity contribution is 7.73. The summed E-state index contributed by atoms with van der Waals surface area (Å²) in [4.78, 5) is 0. The Labute approximate surface area is 159 Å². The molecule has 1 fully saturated rings. The summed E-state index contributed by atoms with van der Waals surface area (Å²) >= 11 is 0. The second kappa shape index (κ2) is 8.92. The van der Waals surface area contributed by atoms with E-state index in [0.29, 0.717) is 6.04 Å². The molecule has 3 aromatic carbocycles. The van der Waals surface area contributed by atoms with Gasteiger partial charge in [-0.2, -0.15) is 0 Å². The molecular weight excluding hydrogens is 352 g/mol. The first-order valence-electron chi connectivity index (χ1n) is 9.31. The third kappa shape index (κ3) is 4.60. The third-order valence-corrected chi connectivity index (χ3v) is 9.07. The molecule has 0 saturated carbocycles. The number of hydrogen-bond donors (Lipinski definition) is 1. The maximum Gasteiger partial charge on any atom is 0.0119 e. The normalized spacial score (nSPS) is 20.2. The van der Waals surface area contributed by atoms with Crippen LogP contribution in [0.4, 0.5) is 0 Å². The van der Waals surface area contributed by atoms with Crippen molar-refractivity contribution in [3.8, 4) is 0 Å². The zero-order chi connectivity index (χ0) is 17.6. The molecule has 1 saturated heterocycles. The molecule has 3 heteroatoms. The van der Waals surface area contributed by atoms with Gasteiger partial charge < -0.3 is 5.32 Å². The molecule has 3 atom stereocenters. The Hall–Kier alpha value is -1.52. The highest BCUT2D eigenvalue weighted by atomic mass is 31.1. The fourth-order valence-corrected chi connectivity index (χ4v) is 7.62. The van der Waals surface area contributed by atoms with Crippen LogP contribution in [0, 0.1) is 0 Å².